The fourth-order valence-electron chi connectivity index (χ4n) is 5.49. The molecule has 43 heavy (non-hydrogen) atoms. The summed E-state index contributed by atoms with van der Waals surface area (Å²) in [5, 5.41) is 0. The van der Waals surface area contributed by atoms with E-state index >= 15 is 0 Å². The third-order valence-electron chi connectivity index (χ3n) is 7.38. The number of pyridine rings is 2. The van der Waals surface area contributed by atoms with Gasteiger partial charge in [0.2, 0.25) is 0 Å². The first kappa shape index (κ1) is 27.9. The van der Waals surface area contributed by atoms with Crippen LogP contribution in [0.5, 0.6) is 0 Å². The molecule has 4 nitrogen and oxygen atoms in total. The zero-order valence-corrected chi connectivity index (χ0v) is 26.7. The maximum Gasteiger partial charge on any atom is 0.195 e. The molecule has 0 atom stereocenters. The molecule has 0 unspecified atom stereocenters. The van der Waals surface area contributed by atoms with Gasteiger partial charge in [0.05, 0.1) is 5.69 Å². The van der Waals surface area contributed by atoms with E-state index in [4.69, 9.17) is 0 Å². The molecule has 0 fully saturated rings. The zero-order valence-electron chi connectivity index (χ0n) is 22.6. The molecule has 2 aliphatic rings. The normalized spacial score (nSPS) is 12.2. The molecule has 0 bridgehead atoms. The van der Waals surface area contributed by atoms with Crippen LogP contribution in [0, 0.1) is 6.07 Å². The SMILES string of the molecule is [Ir].[c-]1c(-c2ccccn2)cc2c3c1Sc1ccccc1B3c1ccccc1S2.c1ccc(-c2nc3ccccc3[n-]2)nc1. The third-order valence-corrected chi connectivity index (χ3v) is 9.65. The first-order valence-electron chi connectivity index (χ1n) is 13.7. The van der Waals surface area contributed by atoms with Crippen molar-refractivity contribution in [1.29, 1.82) is 0 Å². The second-order valence-corrected chi connectivity index (χ2v) is 12.1. The Bertz CT molecular complexity index is 1960. The van der Waals surface area contributed by atoms with Gasteiger partial charge >= 0.3 is 0 Å². The predicted molar refractivity (Wildman–Crippen MR) is 173 cm³/mol. The Morgan fingerprint density at radius 1 is 0.628 bits per heavy atom. The number of hydrogen-bond donors (Lipinski definition) is 0. The number of imidazole rings is 1. The molecular formula is C35H21BIrN4S2-2. The Kier molecular flexibility index (Phi) is 7.77. The standard InChI is InChI=1S/C23H13BNS2.C12H8N3.Ir/c1-3-10-19-16(7-1)24-17-8-2-4-11-20(17)27-22-14-15(13-21(26-19)23(22)24)18-9-5-6-12-25-18;1-2-6-10-9(5-1)14-12(15-10)11-7-3-4-8-13-11;/h1-13H;1-8H;/q2*-1;. The van der Waals surface area contributed by atoms with E-state index in [0.29, 0.717) is 12.5 Å². The Labute approximate surface area is 272 Å². The molecule has 0 spiro atoms. The summed E-state index contributed by atoms with van der Waals surface area (Å²) in [7, 11) is 0. The predicted octanol–water partition coefficient (Wildman–Crippen LogP) is 6.25. The van der Waals surface area contributed by atoms with E-state index in [-0.39, 0.29) is 20.1 Å². The first-order chi connectivity index (χ1) is 20.8. The summed E-state index contributed by atoms with van der Waals surface area (Å²) in [6, 6.07) is 43.1. The van der Waals surface area contributed by atoms with Crippen molar-refractivity contribution in [1.82, 2.24) is 19.9 Å². The molecule has 0 saturated heterocycles. The second-order valence-electron chi connectivity index (χ2n) is 9.97. The van der Waals surface area contributed by atoms with Crippen molar-refractivity contribution in [2.45, 2.75) is 19.6 Å². The molecule has 7 aromatic rings. The summed E-state index contributed by atoms with van der Waals surface area (Å²) in [5.74, 6) is 0.691. The van der Waals surface area contributed by atoms with Crippen LogP contribution in [0.3, 0.4) is 0 Å². The Balaban J connectivity index is 0.000000160. The van der Waals surface area contributed by atoms with E-state index in [1.54, 1.807) is 6.20 Å². The number of hydrogen-bond acceptors (Lipinski definition) is 5. The minimum atomic E-state index is 0. The van der Waals surface area contributed by atoms with E-state index in [2.05, 4.69) is 86.7 Å². The smallest absolute Gasteiger partial charge is 0.195 e. The molecule has 5 heterocycles. The largest absolute Gasteiger partial charge is 0.434 e. The van der Waals surface area contributed by atoms with Crippen LogP contribution in [0.4, 0.5) is 0 Å². The van der Waals surface area contributed by atoms with E-state index < -0.39 is 0 Å². The van der Waals surface area contributed by atoms with Crippen molar-refractivity contribution < 1.29 is 20.1 Å². The van der Waals surface area contributed by atoms with Gasteiger partial charge in [-0.05, 0) is 52.9 Å². The number of aromatic nitrogens is 4. The molecule has 9 rings (SSSR count). The number of benzene rings is 4. The topological polar surface area (TPSA) is 52.8 Å². The van der Waals surface area contributed by atoms with Crippen molar-refractivity contribution in [2.24, 2.45) is 0 Å². The minimum absolute atomic E-state index is 0. The molecule has 0 aliphatic carbocycles. The van der Waals surface area contributed by atoms with Crippen LogP contribution in [-0.4, -0.2) is 21.7 Å². The monoisotopic (exact) mass is 765 g/mol. The quantitative estimate of drug-likeness (QED) is 0.154. The fraction of sp³-hybridized carbons (Fsp3) is 0. The molecule has 0 N–H and O–H groups in total. The van der Waals surface area contributed by atoms with E-state index in [0.717, 1.165) is 28.0 Å². The fourth-order valence-corrected chi connectivity index (χ4v) is 7.92. The van der Waals surface area contributed by atoms with Gasteiger partial charge in [-0.2, -0.15) is 0 Å². The van der Waals surface area contributed by atoms with E-state index in [1.165, 1.54) is 36.0 Å². The average Bonchev–Trinajstić information content (AvgIpc) is 3.50. The molecule has 2 aliphatic heterocycles. The van der Waals surface area contributed by atoms with Crippen molar-refractivity contribution in [3.63, 3.8) is 0 Å². The van der Waals surface area contributed by atoms with Gasteiger partial charge in [-0.3, -0.25) is 4.98 Å². The van der Waals surface area contributed by atoms with Gasteiger partial charge in [0.15, 0.2) is 6.71 Å². The summed E-state index contributed by atoms with van der Waals surface area (Å²) in [5.41, 5.74) is 8.91. The van der Waals surface area contributed by atoms with Gasteiger partial charge < -0.3 is 15.0 Å². The first-order valence-corrected chi connectivity index (χ1v) is 15.3. The summed E-state index contributed by atoms with van der Waals surface area (Å²) in [6.07, 6.45) is 3.60. The molecule has 1 radical (unpaired) electrons. The molecule has 3 aromatic heterocycles. The molecular weight excluding hydrogens is 744 g/mol. The maximum atomic E-state index is 4.55. The van der Waals surface area contributed by atoms with Crippen LogP contribution in [0.1, 0.15) is 0 Å². The minimum Gasteiger partial charge on any atom is -0.434 e. The summed E-state index contributed by atoms with van der Waals surface area (Å²) in [6.45, 7) is 0.291. The number of nitrogens with zero attached hydrogens (tertiary/aromatic N) is 4. The van der Waals surface area contributed by atoms with Crippen LogP contribution >= 0.6 is 23.5 Å². The molecule has 0 saturated carbocycles. The molecule has 4 aromatic carbocycles. The number of rotatable bonds is 2. The number of fused-ring (bicyclic) bond motifs is 5. The van der Waals surface area contributed by atoms with Crippen molar-refractivity contribution >= 4 is 57.7 Å². The van der Waals surface area contributed by atoms with Crippen LogP contribution in [0.2, 0.25) is 0 Å². The average molecular weight is 765 g/mol. The second kappa shape index (κ2) is 12.0. The Morgan fingerprint density at radius 3 is 1.95 bits per heavy atom. The van der Waals surface area contributed by atoms with Gasteiger partial charge in [0.25, 0.3) is 0 Å². The van der Waals surface area contributed by atoms with E-state index in [1.807, 2.05) is 84.3 Å². The van der Waals surface area contributed by atoms with Gasteiger partial charge in [0, 0.05) is 42.3 Å². The van der Waals surface area contributed by atoms with Crippen molar-refractivity contribution in [3.05, 3.63) is 134 Å². The molecule has 8 heteroatoms. The van der Waals surface area contributed by atoms with Crippen LogP contribution in [0.25, 0.3) is 33.8 Å². The summed E-state index contributed by atoms with van der Waals surface area (Å²) in [4.78, 5) is 22.8. The molecule has 0 amide bonds. The maximum absolute atomic E-state index is 4.55. The van der Waals surface area contributed by atoms with Crippen LogP contribution < -0.4 is 21.4 Å². The molecule has 207 valence electrons. The zero-order chi connectivity index (χ0) is 27.9. The Hall–Kier alpha value is -3.94. The summed E-state index contributed by atoms with van der Waals surface area (Å²) < 4.78 is 0. The Morgan fingerprint density at radius 2 is 1.26 bits per heavy atom. The number of para-hydroxylation sites is 2. The van der Waals surface area contributed by atoms with Gasteiger partial charge in [-0.15, -0.1) is 46.7 Å². The van der Waals surface area contributed by atoms with Crippen LogP contribution in [0.15, 0.2) is 147 Å². The van der Waals surface area contributed by atoms with Crippen molar-refractivity contribution in [3.8, 4) is 22.8 Å². The third kappa shape index (κ3) is 5.25. The van der Waals surface area contributed by atoms with Gasteiger partial charge in [0.1, 0.15) is 0 Å². The van der Waals surface area contributed by atoms with E-state index in [9.17, 15) is 0 Å². The summed E-state index contributed by atoms with van der Waals surface area (Å²) >= 11 is 3.71. The van der Waals surface area contributed by atoms with Gasteiger partial charge in [-0.25, -0.2) is 0 Å². The van der Waals surface area contributed by atoms with Crippen LogP contribution in [-0.2, 0) is 20.1 Å². The van der Waals surface area contributed by atoms with Gasteiger partial charge in [-0.1, -0.05) is 99.6 Å². The van der Waals surface area contributed by atoms with Crippen molar-refractivity contribution in [2.75, 3.05) is 0 Å².